The van der Waals surface area contributed by atoms with E-state index in [9.17, 15) is 14.9 Å². The third-order valence-electron chi connectivity index (χ3n) is 6.03. The van der Waals surface area contributed by atoms with Gasteiger partial charge in [-0.3, -0.25) is 10.1 Å². The zero-order valence-electron chi connectivity index (χ0n) is 16.0. The molecule has 7 nitrogen and oxygen atoms in total. The first kappa shape index (κ1) is 17.6. The summed E-state index contributed by atoms with van der Waals surface area (Å²) in [6.45, 7) is 2.12. The number of thiazole rings is 1. The maximum atomic E-state index is 12.9. The quantitative estimate of drug-likeness (QED) is 0.266. The molecule has 6 rings (SSSR count). The van der Waals surface area contributed by atoms with Crippen LogP contribution >= 0.6 is 11.3 Å². The van der Waals surface area contributed by atoms with Gasteiger partial charge in [0.2, 0.25) is 0 Å². The Morgan fingerprint density at radius 1 is 1.13 bits per heavy atom. The third-order valence-corrected chi connectivity index (χ3v) is 7.08. The van der Waals surface area contributed by atoms with Crippen LogP contribution in [0.5, 0.6) is 0 Å². The molecule has 2 aromatic heterocycles. The minimum absolute atomic E-state index is 0.0125. The summed E-state index contributed by atoms with van der Waals surface area (Å²) < 4.78 is 6.53. The average Bonchev–Trinajstić information content (AvgIpc) is 3.17. The number of aromatic nitrogens is 1. The van der Waals surface area contributed by atoms with Gasteiger partial charge in [0.05, 0.1) is 20.7 Å². The molecule has 0 saturated heterocycles. The first-order chi connectivity index (χ1) is 14.6. The van der Waals surface area contributed by atoms with Crippen LogP contribution < -0.4 is 10.5 Å². The predicted octanol–water partition coefficient (Wildman–Crippen LogP) is 4.68. The van der Waals surface area contributed by atoms with Gasteiger partial charge in [0, 0.05) is 41.9 Å². The molecule has 8 heteroatoms. The van der Waals surface area contributed by atoms with Gasteiger partial charge in [-0.05, 0) is 49.4 Å². The van der Waals surface area contributed by atoms with E-state index >= 15 is 0 Å². The van der Waals surface area contributed by atoms with E-state index in [1.165, 1.54) is 34.7 Å². The number of aryl methyl sites for hydroxylation is 2. The van der Waals surface area contributed by atoms with E-state index in [4.69, 9.17) is 4.42 Å². The Morgan fingerprint density at radius 2 is 1.97 bits per heavy atom. The second-order valence-corrected chi connectivity index (χ2v) is 8.88. The van der Waals surface area contributed by atoms with Gasteiger partial charge in [-0.2, -0.15) is 0 Å². The van der Waals surface area contributed by atoms with Crippen molar-refractivity contribution in [1.29, 1.82) is 0 Å². The summed E-state index contributed by atoms with van der Waals surface area (Å²) in [5, 5.41) is 12.5. The summed E-state index contributed by atoms with van der Waals surface area (Å²) in [5.41, 5.74) is 5.06. The monoisotopic (exact) mass is 419 g/mol. The lowest BCUT2D eigenvalue weighted by atomic mass is 9.90. The third kappa shape index (κ3) is 2.56. The zero-order valence-corrected chi connectivity index (χ0v) is 16.8. The molecule has 0 amide bonds. The van der Waals surface area contributed by atoms with E-state index in [1.54, 1.807) is 6.07 Å². The molecule has 4 aromatic rings. The van der Waals surface area contributed by atoms with Crippen molar-refractivity contribution in [2.24, 2.45) is 0 Å². The molecule has 0 radical (unpaired) electrons. The van der Waals surface area contributed by atoms with Crippen molar-refractivity contribution >= 4 is 43.9 Å². The van der Waals surface area contributed by atoms with Crippen molar-refractivity contribution in [2.45, 2.75) is 25.7 Å². The Kier molecular flexibility index (Phi) is 3.73. The van der Waals surface area contributed by atoms with E-state index in [2.05, 4.69) is 16.0 Å². The number of rotatable bonds is 2. The van der Waals surface area contributed by atoms with Gasteiger partial charge in [0.25, 0.3) is 5.69 Å². The smallest absolute Gasteiger partial charge is 0.346 e. The SMILES string of the molecule is O=c1oc2c3c4c(cc2cc1-c1nc2ccc([N+](=O)[O-])cc2s1)CCCN4CCC3. The summed E-state index contributed by atoms with van der Waals surface area (Å²) in [5.74, 6) is 0. The number of fused-ring (bicyclic) bond motifs is 3. The highest BCUT2D eigenvalue weighted by molar-refractivity contribution is 7.21. The second-order valence-electron chi connectivity index (χ2n) is 7.85. The molecule has 0 aliphatic carbocycles. The molecule has 2 aliphatic heterocycles. The molecule has 0 spiro atoms. The van der Waals surface area contributed by atoms with Gasteiger partial charge in [0.15, 0.2) is 0 Å². The molecular weight excluding hydrogens is 402 g/mol. The lowest BCUT2D eigenvalue weighted by Gasteiger charge is -2.37. The van der Waals surface area contributed by atoms with Crippen LogP contribution in [-0.2, 0) is 12.8 Å². The van der Waals surface area contributed by atoms with Crippen LogP contribution in [0.1, 0.15) is 24.0 Å². The van der Waals surface area contributed by atoms with Crippen molar-refractivity contribution in [3.8, 4) is 10.6 Å². The minimum Gasteiger partial charge on any atom is -0.422 e. The van der Waals surface area contributed by atoms with Gasteiger partial charge in [-0.1, -0.05) is 0 Å². The number of nitro groups is 1. The van der Waals surface area contributed by atoms with Crippen LogP contribution in [0.3, 0.4) is 0 Å². The van der Waals surface area contributed by atoms with Crippen LogP contribution in [0.25, 0.3) is 31.8 Å². The summed E-state index contributed by atoms with van der Waals surface area (Å²) >= 11 is 1.27. The highest BCUT2D eigenvalue weighted by atomic mass is 32.1. The molecule has 4 heterocycles. The minimum atomic E-state index is -0.429. The Morgan fingerprint density at radius 3 is 2.80 bits per heavy atom. The van der Waals surface area contributed by atoms with E-state index in [1.807, 2.05) is 6.07 Å². The number of hydrogen-bond donors (Lipinski definition) is 0. The Balaban J connectivity index is 1.55. The Bertz CT molecular complexity index is 1420. The lowest BCUT2D eigenvalue weighted by molar-refractivity contribution is -0.384. The first-order valence-corrected chi connectivity index (χ1v) is 10.8. The molecule has 0 N–H and O–H groups in total. The maximum Gasteiger partial charge on any atom is 0.346 e. The van der Waals surface area contributed by atoms with Gasteiger partial charge in [-0.25, -0.2) is 9.78 Å². The molecule has 30 heavy (non-hydrogen) atoms. The van der Waals surface area contributed by atoms with Crippen LogP contribution in [0, 0.1) is 10.1 Å². The molecule has 0 fully saturated rings. The van der Waals surface area contributed by atoms with Crippen molar-refractivity contribution in [3.63, 3.8) is 0 Å². The van der Waals surface area contributed by atoms with Gasteiger partial charge in [-0.15, -0.1) is 11.3 Å². The average molecular weight is 419 g/mol. The summed E-state index contributed by atoms with van der Waals surface area (Å²) in [6.07, 6.45) is 4.16. The zero-order chi connectivity index (χ0) is 20.4. The van der Waals surface area contributed by atoms with Gasteiger partial charge < -0.3 is 9.32 Å². The van der Waals surface area contributed by atoms with E-state index in [-0.39, 0.29) is 5.69 Å². The topological polar surface area (TPSA) is 89.5 Å². The standard InChI is InChI=1S/C22H17N3O4S/c26-22-16(21-23-17-6-5-14(25(27)28)11-18(17)30-21)10-13-9-12-3-1-7-24-8-2-4-15(19(12)24)20(13)29-22/h5-6,9-11H,1-4,7-8H2. The molecule has 0 saturated carbocycles. The lowest BCUT2D eigenvalue weighted by Crippen LogP contribution is -2.34. The molecule has 0 unspecified atom stereocenters. The molecule has 150 valence electrons. The fourth-order valence-electron chi connectivity index (χ4n) is 4.74. The number of hydrogen-bond acceptors (Lipinski definition) is 7. The van der Waals surface area contributed by atoms with Crippen molar-refractivity contribution in [1.82, 2.24) is 4.98 Å². The van der Waals surface area contributed by atoms with Crippen LogP contribution in [0.2, 0.25) is 0 Å². The van der Waals surface area contributed by atoms with Crippen molar-refractivity contribution in [3.05, 3.63) is 62.0 Å². The normalized spacial score (nSPS) is 15.5. The summed E-state index contributed by atoms with van der Waals surface area (Å²) in [7, 11) is 0. The van der Waals surface area contributed by atoms with Crippen molar-refractivity contribution < 1.29 is 9.34 Å². The fraction of sp³-hybridized carbons (Fsp3) is 0.273. The molecule has 0 bridgehead atoms. The maximum absolute atomic E-state index is 12.9. The van der Waals surface area contributed by atoms with Crippen molar-refractivity contribution in [2.75, 3.05) is 18.0 Å². The number of anilines is 1. The number of benzene rings is 2. The second kappa shape index (κ2) is 6.37. The van der Waals surface area contributed by atoms with E-state index in [0.717, 1.165) is 49.7 Å². The van der Waals surface area contributed by atoms with Gasteiger partial charge >= 0.3 is 5.63 Å². The Labute approximate surface area is 174 Å². The van der Waals surface area contributed by atoms with Crippen LogP contribution in [0.15, 0.2) is 39.5 Å². The molecule has 2 aliphatic rings. The van der Waals surface area contributed by atoms with Crippen LogP contribution in [-0.4, -0.2) is 23.0 Å². The predicted molar refractivity (Wildman–Crippen MR) is 117 cm³/mol. The van der Waals surface area contributed by atoms with E-state index in [0.29, 0.717) is 26.4 Å². The number of non-ortho nitro benzene ring substituents is 1. The fourth-order valence-corrected chi connectivity index (χ4v) is 5.74. The van der Waals surface area contributed by atoms with Gasteiger partial charge in [0.1, 0.15) is 10.6 Å². The molecule has 0 atom stereocenters. The number of nitro benzene ring substituents is 1. The molecule has 2 aromatic carbocycles. The van der Waals surface area contributed by atoms with E-state index < -0.39 is 10.5 Å². The summed E-state index contributed by atoms with van der Waals surface area (Å²) in [4.78, 5) is 30.5. The first-order valence-electron chi connectivity index (χ1n) is 10.0. The highest BCUT2D eigenvalue weighted by Crippen LogP contribution is 2.40. The number of nitrogens with zero attached hydrogens (tertiary/aromatic N) is 3. The molecular formula is C22H17N3O4S. The highest BCUT2D eigenvalue weighted by Gasteiger charge is 2.27. The largest absolute Gasteiger partial charge is 0.422 e. The van der Waals surface area contributed by atoms with Crippen LogP contribution in [0.4, 0.5) is 11.4 Å². The summed E-state index contributed by atoms with van der Waals surface area (Å²) in [6, 6.07) is 8.56. The Hall–Kier alpha value is -3.26.